The molecule has 0 saturated carbocycles. The third kappa shape index (κ3) is 3.35. The van der Waals surface area contributed by atoms with E-state index in [1.165, 1.54) is 38.5 Å². The molecule has 0 unspecified atom stereocenters. The number of rotatable bonds is 6. The molecule has 0 spiro atoms. The van der Waals surface area contributed by atoms with Gasteiger partial charge in [-0.15, -0.1) is 0 Å². The first-order chi connectivity index (χ1) is 10.5. The molecule has 0 aliphatic heterocycles. The van der Waals surface area contributed by atoms with Gasteiger partial charge in [-0.2, -0.15) is 0 Å². The van der Waals surface area contributed by atoms with Gasteiger partial charge in [0, 0.05) is 6.07 Å². The predicted molar refractivity (Wildman–Crippen MR) is 74.0 cm³/mol. The van der Waals surface area contributed by atoms with E-state index in [0.29, 0.717) is 11.5 Å². The summed E-state index contributed by atoms with van der Waals surface area (Å²) < 4.78 is 20.3. The zero-order chi connectivity index (χ0) is 16.1. The minimum absolute atomic E-state index is 0.0329. The lowest BCUT2D eigenvalue weighted by atomic mass is 10.3. The minimum Gasteiger partial charge on any atom is -0.493 e. The van der Waals surface area contributed by atoms with Crippen molar-refractivity contribution in [2.24, 2.45) is 0 Å². The highest BCUT2D eigenvalue weighted by Crippen LogP contribution is 2.31. The van der Waals surface area contributed by atoms with Crippen molar-refractivity contribution in [2.75, 3.05) is 14.2 Å². The molecule has 0 amide bonds. The van der Waals surface area contributed by atoms with Gasteiger partial charge in [0.05, 0.1) is 25.2 Å². The van der Waals surface area contributed by atoms with E-state index in [1.807, 2.05) is 0 Å². The van der Waals surface area contributed by atoms with Crippen LogP contribution in [0.2, 0.25) is 0 Å². The Kier molecular flexibility index (Phi) is 4.62. The van der Waals surface area contributed by atoms with Crippen LogP contribution in [0.1, 0.15) is 16.3 Å². The molecular weight excluding hydrogens is 294 g/mol. The summed E-state index contributed by atoms with van der Waals surface area (Å²) in [5.41, 5.74) is -0.102. The molecule has 0 atom stereocenters. The Balaban J connectivity index is 2.09. The average Bonchev–Trinajstić information content (AvgIpc) is 3.00. The summed E-state index contributed by atoms with van der Waals surface area (Å²) in [5, 5.41) is 10.7. The van der Waals surface area contributed by atoms with Gasteiger partial charge in [-0.1, -0.05) is 0 Å². The standard InChI is InChI=1S/C14H13NO7/c1-19-13-7-9(15(17)18)3-5-11(13)21-8-10-4-6-12(22-10)14(16)20-2/h3-7H,8H2,1-2H3. The van der Waals surface area contributed by atoms with Gasteiger partial charge in [-0.3, -0.25) is 10.1 Å². The Bertz CT molecular complexity index is 692. The predicted octanol–water partition coefficient (Wildman–Crippen LogP) is 2.56. The Morgan fingerprint density at radius 3 is 2.64 bits per heavy atom. The summed E-state index contributed by atoms with van der Waals surface area (Å²) in [5.74, 6) is 0.440. The fraction of sp³-hybridized carbons (Fsp3) is 0.214. The highest BCUT2D eigenvalue weighted by atomic mass is 16.6. The van der Waals surface area contributed by atoms with E-state index in [-0.39, 0.29) is 23.8 Å². The summed E-state index contributed by atoms with van der Waals surface area (Å²) in [7, 11) is 2.64. The number of hydrogen-bond acceptors (Lipinski definition) is 7. The molecule has 8 nitrogen and oxygen atoms in total. The van der Waals surface area contributed by atoms with Gasteiger partial charge >= 0.3 is 5.97 Å². The number of benzene rings is 1. The molecule has 2 aromatic rings. The zero-order valence-electron chi connectivity index (χ0n) is 11.9. The van der Waals surface area contributed by atoms with E-state index in [0.717, 1.165) is 0 Å². The second-order valence-corrected chi connectivity index (χ2v) is 4.14. The van der Waals surface area contributed by atoms with E-state index < -0.39 is 10.9 Å². The average molecular weight is 307 g/mol. The first-order valence-corrected chi connectivity index (χ1v) is 6.17. The number of carbonyl (C=O) groups excluding carboxylic acids is 1. The fourth-order valence-corrected chi connectivity index (χ4v) is 1.70. The lowest BCUT2D eigenvalue weighted by Gasteiger charge is -2.09. The minimum atomic E-state index is -0.584. The molecule has 0 saturated heterocycles. The molecule has 0 aliphatic rings. The Labute approximate surface area is 125 Å². The maximum atomic E-state index is 11.3. The summed E-state index contributed by atoms with van der Waals surface area (Å²) in [6.45, 7) is 0.0329. The molecule has 0 aliphatic carbocycles. The van der Waals surface area contributed by atoms with Gasteiger partial charge in [-0.25, -0.2) is 4.79 Å². The number of nitrogens with zero attached hydrogens (tertiary/aromatic N) is 1. The van der Waals surface area contributed by atoms with E-state index in [4.69, 9.17) is 13.9 Å². The number of non-ortho nitro benzene ring substituents is 1. The Hall–Kier alpha value is -3.03. The van der Waals surface area contributed by atoms with Gasteiger partial charge in [0.15, 0.2) is 11.5 Å². The van der Waals surface area contributed by atoms with Crippen LogP contribution in [-0.2, 0) is 11.3 Å². The number of furan rings is 1. The third-order valence-electron chi connectivity index (χ3n) is 2.78. The Morgan fingerprint density at radius 2 is 2.00 bits per heavy atom. The van der Waals surface area contributed by atoms with Crippen LogP contribution in [0.5, 0.6) is 11.5 Å². The second kappa shape index (κ2) is 6.61. The molecule has 1 aromatic carbocycles. The molecule has 8 heteroatoms. The van der Waals surface area contributed by atoms with Crippen LogP contribution in [0.25, 0.3) is 0 Å². The van der Waals surface area contributed by atoms with Crippen LogP contribution in [0.4, 0.5) is 5.69 Å². The normalized spacial score (nSPS) is 10.1. The number of ether oxygens (including phenoxy) is 3. The van der Waals surface area contributed by atoms with Crippen molar-refractivity contribution in [3.05, 3.63) is 52.0 Å². The smallest absolute Gasteiger partial charge is 0.373 e. The number of esters is 1. The van der Waals surface area contributed by atoms with Gasteiger partial charge in [0.25, 0.3) is 5.69 Å². The van der Waals surface area contributed by atoms with Crippen molar-refractivity contribution < 1.29 is 28.3 Å². The monoisotopic (exact) mass is 307 g/mol. The van der Waals surface area contributed by atoms with Crippen LogP contribution >= 0.6 is 0 Å². The first kappa shape index (κ1) is 15.4. The zero-order valence-corrected chi connectivity index (χ0v) is 11.9. The molecule has 0 N–H and O–H groups in total. The van der Waals surface area contributed by atoms with E-state index >= 15 is 0 Å². The van der Waals surface area contributed by atoms with Crippen molar-refractivity contribution in [3.63, 3.8) is 0 Å². The molecule has 0 bridgehead atoms. The molecule has 0 fully saturated rings. The molecule has 116 valence electrons. The maximum Gasteiger partial charge on any atom is 0.373 e. The number of carbonyl (C=O) groups is 1. The molecule has 1 heterocycles. The van der Waals surface area contributed by atoms with Crippen molar-refractivity contribution in [1.82, 2.24) is 0 Å². The highest BCUT2D eigenvalue weighted by molar-refractivity contribution is 5.86. The summed E-state index contributed by atoms with van der Waals surface area (Å²) in [6.07, 6.45) is 0. The fourth-order valence-electron chi connectivity index (χ4n) is 1.70. The van der Waals surface area contributed by atoms with Gasteiger partial charge in [0.2, 0.25) is 5.76 Å². The topological polar surface area (TPSA) is 101 Å². The summed E-state index contributed by atoms with van der Waals surface area (Å²) in [4.78, 5) is 21.4. The van der Waals surface area contributed by atoms with Crippen molar-refractivity contribution in [3.8, 4) is 11.5 Å². The largest absolute Gasteiger partial charge is 0.493 e. The second-order valence-electron chi connectivity index (χ2n) is 4.14. The van der Waals surface area contributed by atoms with Gasteiger partial charge in [0.1, 0.15) is 12.4 Å². The van der Waals surface area contributed by atoms with Crippen molar-refractivity contribution in [2.45, 2.75) is 6.61 Å². The molecule has 22 heavy (non-hydrogen) atoms. The van der Waals surface area contributed by atoms with Crippen molar-refractivity contribution >= 4 is 11.7 Å². The SMILES string of the molecule is COC(=O)c1ccc(COc2ccc([N+](=O)[O-])cc2OC)o1. The van der Waals surface area contributed by atoms with Gasteiger partial charge < -0.3 is 18.6 Å². The summed E-state index contributed by atoms with van der Waals surface area (Å²) >= 11 is 0. The molecule has 0 radical (unpaired) electrons. The number of nitro groups is 1. The van der Waals surface area contributed by atoms with Crippen LogP contribution in [0.3, 0.4) is 0 Å². The first-order valence-electron chi connectivity index (χ1n) is 6.17. The quantitative estimate of drug-likeness (QED) is 0.459. The number of methoxy groups -OCH3 is 2. The molecular formula is C14H13NO7. The van der Waals surface area contributed by atoms with E-state index in [9.17, 15) is 14.9 Å². The lowest BCUT2D eigenvalue weighted by molar-refractivity contribution is -0.385. The van der Waals surface area contributed by atoms with Crippen LogP contribution < -0.4 is 9.47 Å². The highest BCUT2D eigenvalue weighted by Gasteiger charge is 2.14. The maximum absolute atomic E-state index is 11.3. The lowest BCUT2D eigenvalue weighted by Crippen LogP contribution is -1.99. The van der Waals surface area contributed by atoms with Crippen molar-refractivity contribution in [1.29, 1.82) is 0 Å². The van der Waals surface area contributed by atoms with E-state index in [2.05, 4.69) is 4.74 Å². The molecule has 2 rings (SSSR count). The third-order valence-corrected chi connectivity index (χ3v) is 2.78. The summed E-state index contributed by atoms with van der Waals surface area (Å²) in [6, 6.07) is 7.04. The Morgan fingerprint density at radius 1 is 1.23 bits per heavy atom. The van der Waals surface area contributed by atoms with Gasteiger partial charge in [-0.05, 0) is 18.2 Å². The van der Waals surface area contributed by atoms with Crippen LogP contribution in [-0.4, -0.2) is 25.1 Å². The number of nitro benzene ring substituents is 1. The van der Waals surface area contributed by atoms with Crippen LogP contribution in [0, 0.1) is 10.1 Å². The number of hydrogen-bond donors (Lipinski definition) is 0. The molecule has 1 aromatic heterocycles. The van der Waals surface area contributed by atoms with E-state index in [1.54, 1.807) is 6.07 Å². The van der Waals surface area contributed by atoms with Crippen LogP contribution in [0.15, 0.2) is 34.7 Å².